The highest BCUT2D eigenvalue weighted by molar-refractivity contribution is 9.10. The summed E-state index contributed by atoms with van der Waals surface area (Å²) in [5.74, 6) is -0.246. The van der Waals surface area contributed by atoms with Gasteiger partial charge in [0, 0.05) is 23.4 Å². The Morgan fingerprint density at radius 1 is 1.33 bits per heavy atom. The molecule has 2 rings (SSSR count). The first-order valence-electron chi connectivity index (χ1n) is 5.97. The standard InChI is InChI=1S/C14H11BrF2N2O2/c15-11-5-10(7-18-8-11)13(20)19-6-9-2-1-3-12(4-9)21-14(16)17/h1-5,7-8,14H,6H2,(H,19,20). The fourth-order valence-corrected chi connectivity index (χ4v) is 2.02. The van der Waals surface area contributed by atoms with E-state index in [1.165, 1.54) is 18.3 Å². The average molecular weight is 357 g/mol. The third-order valence-electron chi connectivity index (χ3n) is 2.54. The Morgan fingerprint density at radius 3 is 2.86 bits per heavy atom. The van der Waals surface area contributed by atoms with Gasteiger partial charge in [0.1, 0.15) is 5.75 Å². The van der Waals surface area contributed by atoms with E-state index in [4.69, 9.17) is 0 Å². The van der Waals surface area contributed by atoms with Crippen LogP contribution in [0.5, 0.6) is 5.75 Å². The minimum Gasteiger partial charge on any atom is -0.435 e. The lowest BCUT2D eigenvalue weighted by molar-refractivity contribution is -0.0498. The van der Waals surface area contributed by atoms with E-state index in [2.05, 4.69) is 31.0 Å². The lowest BCUT2D eigenvalue weighted by Crippen LogP contribution is -2.22. The number of nitrogens with zero attached hydrogens (tertiary/aromatic N) is 1. The maximum atomic E-state index is 12.1. The van der Waals surface area contributed by atoms with E-state index >= 15 is 0 Å². The van der Waals surface area contributed by atoms with Crippen molar-refractivity contribution in [3.05, 3.63) is 58.3 Å². The molecular weight excluding hydrogens is 346 g/mol. The lowest BCUT2D eigenvalue weighted by atomic mass is 10.2. The smallest absolute Gasteiger partial charge is 0.387 e. The van der Waals surface area contributed by atoms with Crippen LogP contribution in [0.2, 0.25) is 0 Å². The minimum absolute atomic E-state index is 0.0564. The van der Waals surface area contributed by atoms with Crippen molar-refractivity contribution in [2.75, 3.05) is 0 Å². The zero-order chi connectivity index (χ0) is 15.2. The van der Waals surface area contributed by atoms with Crippen molar-refractivity contribution < 1.29 is 18.3 Å². The molecule has 0 spiro atoms. The second kappa shape index (κ2) is 7.12. The summed E-state index contributed by atoms with van der Waals surface area (Å²) < 4.78 is 29.2. The molecule has 1 heterocycles. The molecule has 0 saturated heterocycles. The fourth-order valence-electron chi connectivity index (χ4n) is 1.65. The second-order valence-corrected chi connectivity index (χ2v) is 5.02. The van der Waals surface area contributed by atoms with Gasteiger partial charge in [0.05, 0.1) is 5.56 Å². The van der Waals surface area contributed by atoms with Gasteiger partial charge in [-0.2, -0.15) is 8.78 Å². The van der Waals surface area contributed by atoms with Crippen molar-refractivity contribution >= 4 is 21.8 Å². The highest BCUT2D eigenvalue weighted by Crippen LogP contribution is 2.16. The summed E-state index contributed by atoms with van der Waals surface area (Å²) in [4.78, 5) is 15.8. The number of halogens is 3. The van der Waals surface area contributed by atoms with Gasteiger partial charge >= 0.3 is 6.61 Å². The minimum atomic E-state index is -2.87. The van der Waals surface area contributed by atoms with Crippen LogP contribution < -0.4 is 10.1 Å². The Kier molecular flexibility index (Phi) is 5.21. The van der Waals surface area contributed by atoms with E-state index in [9.17, 15) is 13.6 Å². The third-order valence-corrected chi connectivity index (χ3v) is 2.98. The Labute approximate surface area is 128 Å². The number of pyridine rings is 1. The van der Waals surface area contributed by atoms with Gasteiger partial charge in [-0.05, 0) is 39.7 Å². The number of carbonyl (C=O) groups is 1. The highest BCUT2D eigenvalue weighted by Gasteiger charge is 2.08. The molecule has 0 fully saturated rings. The normalized spacial score (nSPS) is 10.5. The van der Waals surface area contributed by atoms with E-state index < -0.39 is 6.61 Å². The average Bonchev–Trinajstić information content (AvgIpc) is 2.44. The molecule has 1 N–H and O–H groups in total. The van der Waals surface area contributed by atoms with Crippen molar-refractivity contribution in [1.82, 2.24) is 10.3 Å². The van der Waals surface area contributed by atoms with Crippen LogP contribution in [-0.4, -0.2) is 17.5 Å². The van der Waals surface area contributed by atoms with E-state index in [0.717, 1.165) is 0 Å². The molecule has 1 amide bonds. The second-order valence-electron chi connectivity index (χ2n) is 4.10. The molecule has 0 aliphatic heterocycles. The maximum Gasteiger partial charge on any atom is 0.387 e. The van der Waals surface area contributed by atoms with Gasteiger partial charge in [0.25, 0.3) is 5.91 Å². The molecule has 0 aliphatic rings. The van der Waals surface area contributed by atoms with Crippen molar-refractivity contribution in [1.29, 1.82) is 0 Å². The molecule has 110 valence electrons. The Morgan fingerprint density at radius 2 is 2.14 bits per heavy atom. The van der Waals surface area contributed by atoms with Gasteiger partial charge in [-0.1, -0.05) is 12.1 Å². The molecule has 1 aromatic carbocycles. The van der Waals surface area contributed by atoms with E-state index in [0.29, 0.717) is 15.6 Å². The van der Waals surface area contributed by atoms with Gasteiger partial charge in [0.15, 0.2) is 0 Å². The predicted octanol–water partition coefficient (Wildman–Crippen LogP) is 3.38. The van der Waals surface area contributed by atoms with Crippen LogP contribution in [0.25, 0.3) is 0 Å². The number of aromatic nitrogens is 1. The molecule has 7 heteroatoms. The highest BCUT2D eigenvalue weighted by atomic mass is 79.9. The van der Waals surface area contributed by atoms with Gasteiger partial charge < -0.3 is 10.1 Å². The van der Waals surface area contributed by atoms with Crippen LogP contribution >= 0.6 is 15.9 Å². The molecule has 21 heavy (non-hydrogen) atoms. The van der Waals surface area contributed by atoms with Crippen molar-refractivity contribution in [2.24, 2.45) is 0 Å². The van der Waals surface area contributed by atoms with Crippen LogP contribution in [0.4, 0.5) is 8.78 Å². The Balaban J connectivity index is 1.98. The number of hydrogen-bond donors (Lipinski definition) is 1. The zero-order valence-corrected chi connectivity index (χ0v) is 12.3. The first-order chi connectivity index (χ1) is 10.0. The lowest BCUT2D eigenvalue weighted by Gasteiger charge is -2.08. The van der Waals surface area contributed by atoms with Crippen molar-refractivity contribution in [3.8, 4) is 5.75 Å². The molecule has 0 atom stereocenters. The van der Waals surface area contributed by atoms with E-state index in [1.54, 1.807) is 24.4 Å². The summed E-state index contributed by atoms with van der Waals surface area (Å²) >= 11 is 3.23. The quantitative estimate of drug-likeness (QED) is 0.893. The molecular formula is C14H11BrF2N2O2. The number of ether oxygens (including phenoxy) is 1. The first-order valence-corrected chi connectivity index (χ1v) is 6.76. The van der Waals surface area contributed by atoms with Crippen molar-refractivity contribution in [2.45, 2.75) is 13.2 Å². The number of alkyl halides is 2. The SMILES string of the molecule is O=C(NCc1cccc(OC(F)F)c1)c1cncc(Br)c1. The van der Waals surface area contributed by atoms with Crippen LogP contribution in [0.15, 0.2) is 47.2 Å². The van der Waals surface area contributed by atoms with Gasteiger partial charge in [-0.25, -0.2) is 0 Å². The summed E-state index contributed by atoms with van der Waals surface area (Å²) in [7, 11) is 0. The maximum absolute atomic E-state index is 12.1. The van der Waals surface area contributed by atoms with Gasteiger partial charge in [-0.15, -0.1) is 0 Å². The predicted molar refractivity (Wildman–Crippen MR) is 76.2 cm³/mol. The summed E-state index contributed by atoms with van der Waals surface area (Å²) in [6.07, 6.45) is 3.01. The monoisotopic (exact) mass is 356 g/mol. The number of carbonyl (C=O) groups excluding carboxylic acids is 1. The number of rotatable bonds is 5. The molecule has 0 radical (unpaired) electrons. The molecule has 4 nitrogen and oxygen atoms in total. The molecule has 0 bridgehead atoms. The number of hydrogen-bond acceptors (Lipinski definition) is 3. The summed E-state index contributed by atoms with van der Waals surface area (Å²) in [6, 6.07) is 7.80. The van der Waals surface area contributed by atoms with Crippen molar-refractivity contribution in [3.63, 3.8) is 0 Å². The molecule has 0 aliphatic carbocycles. The topological polar surface area (TPSA) is 51.2 Å². The van der Waals surface area contributed by atoms with Gasteiger partial charge in [-0.3, -0.25) is 9.78 Å². The third kappa shape index (κ3) is 4.78. The Bertz CT molecular complexity index is 638. The fraction of sp³-hybridized carbons (Fsp3) is 0.143. The van der Waals surface area contributed by atoms with Crippen LogP contribution in [0, 0.1) is 0 Å². The zero-order valence-electron chi connectivity index (χ0n) is 10.7. The van der Waals surface area contributed by atoms with Crippen LogP contribution in [0.3, 0.4) is 0 Å². The summed E-state index contributed by atoms with van der Waals surface area (Å²) in [5, 5.41) is 2.68. The van der Waals surface area contributed by atoms with E-state index in [1.807, 2.05) is 0 Å². The molecule has 0 unspecified atom stereocenters. The number of nitrogens with one attached hydrogen (secondary N) is 1. The van der Waals surface area contributed by atoms with Gasteiger partial charge in [0.2, 0.25) is 0 Å². The molecule has 2 aromatic rings. The summed E-state index contributed by atoms with van der Waals surface area (Å²) in [6.45, 7) is -2.67. The van der Waals surface area contributed by atoms with E-state index in [-0.39, 0.29) is 18.2 Å². The summed E-state index contributed by atoms with van der Waals surface area (Å²) in [5.41, 5.74) is 1.06. The first kappa shape index (κ1) is 15.4. The molecule has 1 aromatic heterocycles. The number of amides is 1. The largest absolute Gasteiger partial charge is 0.435 e. The molecule has 0 saturated carbocycles. The van der Waals surface area contributed by atoms with Crippen LogP contribution in [-0.2, 0) is 6.54 Å². The Hall–Kier alpha value is -2.02. The van der Waals surface area contributed by atoms with Crippen LogP contribution in [0.1, 0.15) is 15.9 Å². The number of benzene rings is 1.